The number of hydrogen-bond acceptors (Lipinski definition) is 12. The minimum absolute atomic E-state index is 0.347. The SMILES string of the molecule is C=CC(C)(O)CC/C=C(\C)CCC(O)C(C)(O)CCCC(C)(O)CCCC(C)(O)CCCC(C)(O)CCCC(C)(O)CCCC(C)(O)CCCC(C)(O)CCCC(C)(O)CCCC(C)(O)CCCC(C)(O)CCC=C(C)C. The second-order valence-electron chi connectivity index (χ2n) is 28.5. The van der Waals surface area contributed by atoms with E-state index in [-0.39, 0.29) is 0 Å². The van der Waals surface area contributed by atoms with Gasteiger partial charge in [0.2, 0.25) is 0 Å². The van der Waals surface area contributed by atoms with Gasteiger partial charge in [0.25, 0.3) is 0 Å². The van der Waals surface area contributed by atoms with Crippen LogP contribution in [0.15, 0.2) is 36.0 Å². The first-order valence-electron chi connectivity index (χ1n) is 30.4. The number of rotatable bonds is 47. The lowest BCUT2D eigenvalue weighted by Gasteiger charge is -2.32. The van der Waals surface area contributed by atoms with Gasteiger partial charge in [-0.1, -0.05) is 29.4 Å². The molecule has 0 saturated carbocycles. The molecule has 12 unspecified atom stereocenters. The van der Waals surface area contributed by atoms with Gasteiger partial charge in [0.1, 0.15) is 0 Å². The highest BCUT2D eigenvalue weighted by Gasteiger charge is 2.34. The van der Waals surface area contributed by atoms with E-state index in [1.807, 2.05) is 61.5 Å². The molecule has 0 fully saturated rings. The van der Waals surface area contributed by atoms with Crippen molar-refractivity contribution in [2.24, 2.45) is 0 Å². The van der Waals surface area contributed by atoms with Crippen molar-refractivity contribution in [2.75, 3.05) is 0 Å². The summed E-state index contributed by atoms with van der Waals surface area (Å²) in [6.07, 6.45) is 23.8. The van der Waals surface area contributed by atoms with Gasteiger partial charge in [-0.3, -0.25) is 0 Å². The van der Waals surface area contributed by atoms with Crippen molar-refractivity contribution in [3.8, 4) is 0 Å². The lowest BCUT2D eigenvalue weighted by atomic mass is 9.83. The van der Waals surface area contributed by atoms with E-state index in [1.165, 1.54) is 11.6 Å². The van der Waals surface area contributed by atoms with Crippen LogP contribution in [-0.2, 0) is 0 Å². The van der Waals surface area contributed by atoms with Crippen LogP contribution in [0.4, 0.5) is 0 Å². The van der Waals surface area contributed by atoms with Crippen LogP contribution in [0.2, 0.25) is 0 Å². The van der Waals surface area contributed by atoms with Crippen LogP contribution >= 0.6 is 0 Å². The monoisotopic (exact) mass is 1100 g/mol. The average Bonchev–Trinajstić information content (AvgIpc) is 3.23. The molecule has 0 aliphatic heterocycles. The summed E-state index contributed by atoms with van der Waals surface area (Å²) in [5, 5.41) is 132. The first-order chi connectivity index (χ1) is 34.9. The molecule has 0 spiro atoms. The van der Waals surface area contributed by atoms with Gasteiger partial charge >= 0.3 is 0 Å². The zero-order valence-corrected chi connectivity index (χ0v) is 52.2. The summed E-state index contributed by atoms with van der Waals surface area (Å²) in [5.74, 6) is 0. The molecule has 12 atom stereocenters. The molecule has 12 heteroatoms. The largest absolute Gasteiger partial charge is 0.390 e. The molecule has 0 aromatic heterocycles. The van der Waals surface area contributed by atoms with E-state index in [0.717, 1.165) is 18.4 Å². The Kier molecular flexibility index (Phi) is 33.2. The third kappa shape index (κ3) is 40.6. The first kappa shape index (κ1) is 75.7. The number of hydrogen-bond donors (Lipinski definition) is 12. The lowest BCUT2D eigenvalue weighted by Crippen LogP contribution is -2.39. The molecule has 0 aromatic carbocycles. The van der Waals surface area contributed by atoms with Gasteiger partial charge in [0, 0.05) is 0 Å². The van der Waals surface area contributed by atoms with E-state index in [9.17, 15) is 61.3 Å². The summed E-state index contributed by atoms with van der Waals surface area (Å²) in [4.78, 5) is 0. The smallest absolute Gasteiger partial charge is 0.0877 e. The van der Waals surface area contributed by atoms with Gasteiger partial charge in [-0.05, 0) is 309 Å². The van der Waals surface area contributed by atoms with E-state index in [0.29, 0.717) is 199 Å². The molecule has 12 nitrogen and oxygen atoms in total. The maximum atomic E-state index is 11.2. The summed E-state index contributed by atoms with van der Waals surface area (Å²) in [6.45, 7) is 29.5. The van der Waals surface area contributed by atoms with Crippen molar-refractivity contribution in [2.45, 2.75) is 377 Å². The Morgan fingerprint density at radius 1 is 0.338 bits per heavy atom. The van der Waals surface area contributed by atoms with Gasteiger partial charge in [0.05, 0.1) is 67.7 Å². The van der Waals surface area contributed by atoms with Crippen molar-refractivity contribution < 1.29 is 61.3 Å². The van der Waals surface area contributed by atoms with Crippen molar-refractivity contribution in [1.29, 1.82) is 0 Å². The fourth-order valence-electron chi connectivity index (χ4n) is 11.1. The zero-order chi connectivity index (χ0) is 59.7. The Balaban J connectivity index is 4.52. The highest BCUT2D eigenvalue weighted by Crippen LogP contribution is 2.34. The van der Waals surface area contributed by atoms with E-state index in [1.54, 1.807) is 27.7 Å². The van der Waals surface area contributed by atoms with E-state index in [4.69, 9.17) is 0 Å². The van der Waals surface area contributed by atoms with Crippen LogP contribution in [0, 0.1) is 0 Å². The zero-order valence-electron chi connectivity index (χ0n) is 52.2. The minimum Gasteiger partial charge on any atom is -0.390 e. The van der Waals surface area contributed by atoms with Crippen molar-refractivity contribution in [1.82, 2.24) is 0 Å². The van der Waals surface area contributed by atoms with E-state index in [2.05, 4.69) is 26.5 Å². The number of aliphatic hydroxyl groups excluding tert-OH is 1. The van der Waals surface area contributed by atoms with Gasteiger partial charge < -0.3 is 61.3 Å². The summed E-state index contributed by atoms with van der Waals surface area (Å²) in [7, 11) is 0. The van der Waals surface area contributed by atoms with Crippen LogP contribution in [-0.4, -0.2) is 129 Å². The van der Waals surface area contributed by atoms with Crippen LogP contribution in [0.5, 0.6) is 0 Å². The fourth-order valence-corrected chi connectivity index (χ4v) is 11.1. The second-order valence-corrected chi connectivity index (χ2v) is 28.5. The molecule has 0 heterocycles. The highest BCUT2D eigenvalue weighted by molar-refractivity contribution is 5.02. The molecular formula is C65H126O12. The molecule has 12 N–H and O–H groups in total. The Bertz CT molecular complexity index is 1660. The third-order valence-corrected chi connectivity index (χ3v) is 17.2. The average molecular weight is 1100 g/mol. The molecule has 458 valence electrons. The standard InChI is InChI=1S/C65H126O12/c1-16-55(5,67)32-18-29-53(4)30-31-54(66)65(15,77)51-27-50-64(14,76)49-26-48-63(13,75)47-25-46-62(12,74)45-24-44-61(11,73)43-23-42-60(10,72)41-22-40-59(9,71)39-21-38-58(8,70)37-20-36-57(7,69)35-19-34-56(6,68)33-17-28-52(2)3/h16,28-29,54,66-77H,1,17-27,30-51H2,2-15H3/b53-29+. The van der Waals surface area contributed by atoms with Crippen molar-refractivity contribution in [3.63, 3.8) is 0 Å². The van der Waals surface area contributed by atoms with Gasteiger partial charge in [0.15, 0.2) is 0 Å². The topological polar surface area (TPSA) is 243 Å². The van der Waals surface area contributed by atoms with Crippen LogP contribution < -0.4 is 0 Å². The quantitative estimate of drug-likeness (QED) is 0.0255. The minimum atomic E-state index is -1.29. The summed E-state index contributed by atoms with van der Waals surface area (Å²) >= 11 is 0. The van der Waals surface area contributed by atoms with Crippen LogP contribution in [0.1, 0.15) is 309 Å². The maximum Gasteiger partial charge on any atom is 0.0877 e. The van der Waals surface area contributed by atoms with Crippen molar-refractivity contribution in [3.05, 3.63) is 36.0 Å². The third-order valence-electron chi connectivity index (χ3n) is 17.2. The first-order valence-corrected chi connectivity index (χ1v) is 30.4. The van der Waals surface area contributed by atoms with E-state index < -0.39 is 67.7 Å². The number of aliphatic hydroxyl groups is 12. The normalized spacial score (nSPS) is 21.7. The molecule has 0 aliphatic carbocycles. The molecule has 0 saturated heterocycles. The molecule has 0 amide bonds. The molecule has 0 bridgehead atoms. The Hall–Kier alpha value is -1.26. The fraction of sp³-hybridized carbons (Fsp3) is 0.908. The summed E-state index contributed by atoms with van der Waals surface area (Å²) in [5.41, 5.74) is -8.06. The van der Waals surface area contributed by atoms with Crippen LogP contribution in [0.25, 0.3) is 0 Å². The molecule has 0 radical (unpaired) electrons. The van der Waals surface area contributed by atoms with Crippen molar-refractivity contribution >= 4 is 0 Å². The molecule has 0 aromatic rings. The van der Waals surface area contributed by atoms with Crippen LogP contribution in [0.3, 0.4) is 0 Å². The number of allylic oxidation sites excluding steroid dienone is 4. The Morgan fingerprint density at radius 2 is 0.558 bits per heavy atom. The predicted octanol–water partition coefficient (Wildman–Crippen LogP) is 12.6. The predicted molar refractivity (Wildman–Crippen MR) is 319 cm³/mol. The van der Waals surface area contributed by atoms with Gasteiger partial charge in [-0.25, -0.2) is 0 Å². The summed E-state index contributed by atoms with van der Waals surface area (Å²) in [6, 6.07) is 0. The maximum absolute atomic E-state index is 11.2. The lowest BCUT2D eigenvalue weighted by molar-refractivity contribution is -0.0746. The Morgan fingerprint density at radius 3 is 0.792 bits per heavy atom. The molecule has 0 rings (SSSR count). The summed E-state index contributed by atoms with van der Waals surface area (Å²) < 4.78 is 0. The van der Waals surface area contributed by atoms with Gasteiger partial charge in [-0.2, -0.15) is 0 Å². The Labute approximate surface area is 472 Å². The highest BCUT2D eigenvalue weighted by atomic mass is 16.3. The molecule has 77 heavy (non-hydrogen) atoms. The second kappa shape index (κ2) is 33.7. The molecular weight excluding hydrogens is 973 g/mol. The van der Waals surface area contributed by atoms with Gasteiger partial charge in [-0.15, -0.1) is 6.58 Å². The van der Waals surface area contributed by atoms with E-state index >= 15 is 0 Å². The molecule has 0 aliphatic rings.